The molecule has 3 rings (SSSR count). The highest BCUT2D eigenvalue weighted by Gasteiger charge is 2.12. The molecule has 1 aliphatic heterocycles. The molecular weight excluding hydrogens is 250 g/mol. The van der Waals surface area contributed by atoms with Gasteiger partial charge < -0.3 is 9.57 Å². The number of ether oxygens (including phenoxy) is 1. The Morgan fingerprint density at radius 2 is 1.65 bits per heavy atom. The minimum absolute atomic E-state index is 0.428. The van der Waals surface area contributed by atoms with Gasteiger partial charge in [-0.1, -0.05) is 65.8 Å². The van der Waals surface area contributed by atoms with Crippen LogP contribution < -0.4 is 0 Å². The number of hydrogen-bond acceptors (Lipinski definition) is 3. The fraction of sp³-hybridized carbons (Fsp3) is 0.118. The van der Waals surface area contributed by atoms with E-state index >= 15 is 0 Å². The van der Waals surface area contributed by atoms with E-state index in [-0.39, 0.29) is 0 Å². The van der Waals surface area contributed by atoms with Crippen LogP contribution in [0.3, 0.4) is 0 Å². The van der Waals surface area contributed by atoms with Crippen molar-refractivity contribution >= 4 is 5.71 Å². The Hall–Kier alpha value is -2.39. The number of allylic oxidation sites excluding steroid dienone is 1. The highest BCUT2D eigenvalue weighted by atomic mass is 16.8. The van der Waals surface area contributed by atoms with Gasteiger partial charge in [-0.15, -0.1) is 0 Å². The summed E-state index contributed by atoms with van der Waals surface area (Å²) in [6.45, 7) is 0.506. The van der Waals surface area contributed by atoms with Gasteiger partial charge in [0.05, 0.1) is 6.61 Å². The highest BCUT2D eigenvalue weighted by molar-refractivity contribution is 6.08. The van der Waals surface area contributed by atoms with E-state index in [0.29, 0.717) is 6.61 Å². The van der Waals surface area contributed by atoms with Crippen LogP contribution in [0.2, 0.25) is 0 Å². The third kappa shape index (κ3) is 3.13. The Kier molecular flexibility index (Phi) is 3.90. The summed E-state index contributed by atoms with van der Waals surface area (Å²) in [4.78, 5) is 5.35. The lowest BCUT2D eigenvalue weighted by Crippen LogP contribution is -2.17. The molecule has 0 aromatic heterocycles. The zero-order valence-electron chi connectivity index (χ0n) is 11.0. The summed E-state index contributed by atoms with van der Waals surface area (Å²) in [5.74, 6) is 0. The molecule has 1 atom stereocenters. The highest BCUT2D eigenvalue weighted by Crippen LogP contribution is 2.12. The number of hydrogen-bond donors (Lipinski definition) is 0. The molecule has 3 heteroatoms. The van der Waals surface area contributed by atoms with Crippen LogP contribution in [0, 0.1) is 0 Å². The van der Waals surface area contributed by atoms with Crippen LogP contribution in [0.4, 0.5) is 0 Å². The summed E-state index contributed by atoms with van der Waals surface area (Å²) in [6, 6.07) is 19.9. The van der Waals surface area contributed by atoms with Gasteiger partial charge in [0.1, 0.15) is 5.71 Å². The van der Waals surface area contributed by atoms with Crippen LogP contribution in [0.1, 0.15) is 11.1 Å². The molecule has 0 bridgehead atoms. The maximum atomic E-state index is 5.64. The van der Waals surface area contributed by atoms with E-state index in [2.05, 4.69) is 5.16 Å². The minimum Gasteiger partial charge on any atom is -0.359 e. The molecule has 0 amide bonds. The number of rotatable bonds is 4. The molecule has 1 heterocycles. The van der Waals surface area contributed by atoms with Gasteiger partial charge in [0.15, 0.2) is 0 Å². The molecule has 1 unspecified atom stereocenters. The lowest BCUT2D eigenvalue weighted by Gasteiger charge is -2.16. The fourth-order valence-corrected chi connectivity index (χ4v) is 1.94. The first-order valence-corrected chi connectivity index (χ1v) is 6.55. The third-order valence-corrected chi connectivity index (χ3v) is 2.99. The molecule has 20 heavy (non-hydrogen) atoms. The molecule has 0 fully saturated rings. The van der Waals surface area contributed by atoms with Crippen molar-refractivity contribution in [2.75, 3.05) is 0 Å². The van der Waals surface area contributed by atoms with Crippen molar-refractivity contribution in [3.8, 4) is 0 Å². The van der Waals surface area contributed by atoms with Crippen LogP contribution in [0.5, 0.6) is 0 Å². The van der Waals surface area contributed by atoms with Gasteiger partial charge in [0.2, 0.25) is 6.29 Å². The second-order valence-corrected chi connectivity index (χ2v) is 4.47. The molecule has 1 aliphatic rings. The predicted molar refractivity (Wildman–Crippen MR) is 78.2 cm³/mol. The average Bonchev–Trinajstić information content (AvgIpc) is 2.55. The Morgan fingerprint density at radius 3 is 2.30 bits per heavy atom. The van der Waals surface area contributed by atoms with Gasteiger partial charge in [-0.3, -0.25) is 0 Å². The standard InChI is InChI=1S/C17H15NO2/c1-3-7-14(8-4-1)13-19-17-12-11-16(18-20-17)15-9-5-2-6-10-15/h1-12,17H,13H2. The van der Waals surface area contributed by atoms with Crippen molar-refractivity contribution < 1.29 is 9.57 Å². The lowest BCUT2D eigenvalue weighted by molar-refractivity contribution is -0.120. The lowest BCUT2D eigenvalue weighted by atomic mass is 10.1. The second-order valence-electron chi connectivity index (χ2n) is 4.47. The summed E-state index contributed by atoms with van der Waals surface area (Å²) < 4.78 is 5.64. The summed E-state index contributed by atoms with van der Waals surface area (Å²) in [7, 11) is 0. The topological polar surface area (TPSA) is 30.8 Å². The first-order valence-electron chi connectivity index (χ1n) is 6.55. The fourth-order valence-electron chi connectivity index (χ4n) is 1.94. The summed E-state index contributed by atoms with van der Waals surface area (Å²) in [5, 5.41) is 4.10. The normalized spacial score (nSPS) is 17.4. The molecular formula is C17H15NO2. The van der Waals surface area contributed by atoms with Crippen LogP contribution in [-0.4, -0.2) is 12.0 Å². The maximum Gasteiger partial charge on any atom is 0.246 e. The van der Waals surface area contributed by atoms with Crippen molar-refractivity contribution in [2.45, 2.75) is 12.9 Å². The van der Waals surface area contributed by atoms with E-state index < -0.39 is 6.29 Å². The van der Waals surface area contributed by atoms with Crippen LogP contribution in [0.15, 0.2) is 78.0 Å². The van der Waals surface area contributed by atoms with E-state index in [9.17, 15) is 0 Å². The molecule has 0 spiro atoms. The van der Waals surface area contributed by atoms with Crippen molar-refractivity contribution in [1.29, 1.82) is 0 Å². The summed E-state index contributed by atoms with van der Waals surface area (Å²) >= 11 is 0. The largest absolute Gasteiger partial charge is 0.359 e. The predicted octanol–water partition coefficient (Wildman–Crippen LogP) is 3.52. The molecule has 3 nitrogen and oxygen atoms in total. The van der Waals surface area contributed by atoms with Crippen molar-refractivity contribution in [1.82, 2.24) is 0 Å². The SMILES string of the molecule is C1=CC(OCc2ccccc2)ON=C1c1ccccc1. The number of oxime groups is 1. The third-order valence-electron chi connectivity index (χ3n) is 2.99. The Morgan fingerprint density at radius 1 is 0.950 bits per heavy atom. The Bertz CT molecular complexity index is 605. The van der Waals surface area contributed by atoms with Crippen LogP contribution in [-0.2, 0) is 16.2 Å². The van der Waals surface area contributed by atoms with E-state index in [1.165, 1.54) is 0 Å². The van der Waals surface area contributed by atoms with Crippen molar-refractivity contribution in [3.05, 3.63) is 83.9 Å². The first kappa shape index (κ1) is 12.6. The smallest absolute Gasteiger partial charge is 0.246 e. The molecule has 0 saturated carbocycles. The molecule has 2 aromatic carbocycles. The average molecular weight is 265 g/mol. The van der Waals surface area contributed by atoms with Gasteiger partial charge in [0.25, 0.3) is 0 Å². The molecule has 100 valence electrons. The molecule has 0 aliphatic carbocycles. The van der Waals surface area contributed by atoms with Gasteiger partial charge in [-0.25, -0.2) is 0 Å². The number of benzene rings is 2. The molecule has 0 N–H and O–H groups in total. The van der Waals surface area contributed by atoms with Crippen LogP contribution in [0.25, 0.3) is 0 Å². The van der Waals surface area contributed by atoms with E-state index in [1.807, 2.05) is 72.8 Å². The van der Waals surface area contributed by atoms with Gasteiger partial charge in [0, 0.05) is 5.56 Å². The van der Waals surface area contributed by atoms with Crippen LogP contribution >= 0.6 is 0 Å². The maximum absolute atomic E-state index is 5.64. The van der Waals surface area contributed by atoms with Gasteiger partial charge in [-0.2, -0.15) is 0 Å². The summed E-state index contributed by atoms with van der Waals surface area (Å²) in [6.07, 6.45) is 3.37. The van der Waals surface area contributed by atoms with E-state index in [4.69, 9.17) is 9.57 Å². The van der Waals surface area contributed by atoms with Gasteiger partial charge >= 0.3 is 0 Å². The molecule has 0 saturated heterocycles. The Labute approximate surface area is 118 Å². The Balaban J connectivity index is 1.56. The van der Waals surface area contributed by atoms with E-state index in [1.54, 1.807) is 0 Å². The molecule has 2 aromatic rings. The quantitative estimate of drug-likeness (QED) is 0.846. The number of nitrogens with zero attached hydrogens (tertiary/aromatic N) is 1. The summed E-state index contributed by atoms with van der Waals surface area (Å²) in [5.41, 5.74) is 2.96. The van der Waals surface area contributed by atoms with E-state index in [0.717, 1.165) is 16.8 Å². The van der Waals surface area contributed by atoms with Crippen molar-refractivity contribution in [3.63, 3.8) is 0 Å². The molecule has 0 radical (unpaired) electrons. The van der Waals surface area contributed by atoms with Crippen molar-refractivity contribution in [2.24, 2.45) is 5.16 Å². The zero-order valence-corrected chi connectivity index (χ0v) is 11.0. The minimum atomic E-state index is -0.428. The monoisotopic (exact) mass is 265 g/mol. The zero-order chi connectivity index (χ0) is 13.6. The first-order chi connectivity index (χ1) is 9.92. The van der Waals surface area contributed by atoms with Gasteiger partial charge in [-0.05, 0) is 17.7 Å². The second kappa shape index (κ2) is 6.17.